The van der Waals surface area contributed by atoms with E-state index in [4.69, 9.17) is 0 Å². The number of amides is 1. The zero-order valence-corrected chi connectivity index (χ0v) is 12.2. The highest BCUT2D eigenvalue weighted by atomic mass is 32.2. The highest BCUT2D eigenvalue weighted by Crippen LogP contribution is 2.20. The monoisotopic (exact) mass is 315 g/mol. The lowest BCUT2D eigenvalue weighted by Crippen LogP contribution is -2.39. The Kier molecular flexibility index (Phi) is 3.33. The zero-order valence-electron chi connectivity index (χ0n) is 10.5. The van der Waals surface area contributed by atoms with Crippen LogP contribution in [-0.2, 0) is 16.4 Å². The van der Waals surface area contributed by atoms with Crippen LogP contribution in [0.5, 0.6) is 0 Å². The predicted molar refractivity (Wildman–Crippen MR) is 73.7 cm³/mol. The largest absolute Gasteiger partial charge is 0.348 e. The Morgan fingerprint density at radius 2 is 2.30 bits per heavy atom. The SMILES string of the molecule is O=C(N[C@@H]1CCS(=O)(=O)C1)c1cnc2n(c1=O)CCS2. The number of hydrogen-bond donors (Lipinski definition) is 1. The molecule has 2 aliphatic heterocycles. The minimum atomic E-state index is -3.06. The van der Waals surface area contributed by atoms with E-state index in [2.05, 4.69) is 10.3 Å². The van der Waals surface area contributed by atoms with Crippen molar-refractivity contribution < 1.29 is 13.2 Å². The molecule has 7 nitrogen and oxygen atoms in total. The summed E-state index contributed by atoms with van der Waals surface area (Å²) in [6, 6.07) is -0.417. The van der Waals surface area contributed by atoms with Gasteiger partial charge < -0.3 is 5.32 Å². The van der Waals surface area contributed by atoms with E-state index in [0.717, 1.165) is 5.75 Å². The molecule has 1 atom stereocenters. The first kappa shape index (κ1) is 13.6. The molecule has 0 unspecified atom stereocenters. The van der Waals surface area contributed by atoms with Gasteiger partial charge in [-0.15, -0.1) is 0 Å². The van der Waals surface area contributed by atoms with Crippen LogP contribution in [-0.4, -0.2) is 47.2 Å². The van der Waals surface area contributed by atoms with Crippen molar-refractivity contribution >= 4 is 27.5 Å². The molecule has 108 valence electrons. The van der Waals surface area contributed by atoms with Gasteiger partial charge in [0.25, 0.3) is 11.5 Å². The first-order valence-corrected chi connectivity index (χ1v) is 9.01. The van der Waals surface area contributed by atoms with Gasteiger partial charge in [-0.3, -0.25) is 14.2 Å². The summed E-state index contributed by atoms with van der Waals surface area (Å²) in [5, 5.41) is 3.22. The molecule has 1 fully saturated rings. The number of sulfone groups is 1. The van der Waals surface area contributed by atoms with Crippen molar-refractivity contribution in [3.8, 4) is 0 Å². The number of nitrogens with zero attached hydrogens (tertiary/aromatic N) is 2. The van der Waals surface area contributed by atoms with Gasteiger partial charge in [0.05, 0.1) is 11.5 Å². The lowest BCUT2D eigenvalue weighted by Gasteiger charge is -2.11. The van der Waals surface area contributed by atoms with Crippen LogP contribution in [0.1, 0.15) is 16.8 Å². The minimum Gasteiger partial charge on any atom is -0.348 e. The van der Waals surface area contributed by atoms with E-state index in [0.29, 0.717) is 18.1 Å². The predicted octanol–water partition coefficient (Wildman–Crippen LogP) is -0.734. The number of hydrogen-bond acceptors (Lipinski definition) is 6. The van der Waals surface area contributed by atoms with Crippen molar-refractivity contribution in [2.45, 2.75) is 24.2 Å². The Morgan fingerprint density at radius 1 is 1.50 bits per heavy atom. The van der Waals surface area contributed by atoms with E-state index in [1.54, 1.807) is 0 Å². The van der Waals surface area contributed by atoms with Crippen LogP contribution in [0.3, 0.4) is 0 Å². The number of carbonyl (C=O) groups is 1. The fourth-order valence-electron chi connectivity index (χ4n) is 2.35. The molecule has 1 saturated heterocycles. The number of thioether (sulfide) groups is 1. The quantitative estimate of drug-likeness (QED) is 0.722. The molecule has 3 rings (SSSR count). The molecule has 1 amide bonds. The van der Waals surface area contributed by atoms with E-state index in [1.165, 1.54) is 22.5 Å². The summed E-state index contributed by atoms with van der Waals surface area (Å²) in [6.45, 7) is 0.546. The molecule has 1 aromatic heterocycles. The standard InChI is InChI=1S/C11H13N3O4S2/c15-9(13-7-1-4-20(17,18)6-7)8-5-12-11-14(10(8)16)2-3-19-11/h5,7H,1-4,6H2,(H,13,15)/t7-/m1/s1. The molecule has 1 aromatic rings. The maximum atomic E-state index is 12.1. The Labute approximate surface area is 119 Å². The number of nitrogens with one attached hydrogen (secondary N) is 1. The van der Waals surface area contributed by atoms with Gasteiger partial charge in [-0.25, -0.2) is 13.4 Å². The van der Waals surface area contributed by atoms with Gasteiger partial charge in [0, 0.05) is 24.5 Å². The Morgan fingerprint density at radius 3 is 3.00 bits per heavy atom. The summed E-state index contributed by atoms with van der Waals surface area (Å²) in [5.74, 6) is 0.246. The molecular formula is C11H13N3O4S2. The van der Waals surface area contributed by atoms with Gasteiger partial charge in [0.2, 0.25) is 0 Å². The second kappa shape index (κ2) is 4.88. The summed E-state index contributed by atoms with van der Waals surface area (Å²) in [7, 11) is -3.06. The Hall–Kier alpha value is -1.35. The summed E-state index contributed by atoms with van der Waals surface area (Å²) >= 11 is 1.48. The van der Waals surface area contributed by atoms with E-state index in [-0.39, 0.29) is 22.6 Å². The van der Waals surface area contributed by atoms with Crippen molar-refractivity contribution in [2.75, 3.05) is 17.3 Å². The van der Waals surface area contributed by atoms with Crippen LogP contribution in [0.4, 0.5) is 0 Å². The number of rotatable bonds is 2. The fourth-order valence-corrected chi connectivity index (χ4v) is 4.93. The second-order valence-corrected chi connectivity index (χ2v) is 8.12. The number of aromatic nitrogens is 2. The average Bonchev–Trinajstić information content (AvgIpc) is 2.96. The lowest BCUT2D eigenvalue weighted by atomic mass is 10.2. The van der Waals surface area contributed by atoms with Gasteiger partial charge in [0.15, 0.2) is 15.0 Å². The smallest absolute Gasteiger partial charge is 0.267 e. The molecule has 0 spiro atoms. The van der Waals surface area contributed by atoms with Crippen LogP contribution in [0.2, 0.25) is 0 Å². The molecule has 0 saturated carbocycles. The van der Waals surface area contributed by atoms with E-state index in [9.17, 15) is 18.0 Å². The topological polar surface area (TPSA) is 98.1 Å². The number of fused-ring (bicyclic) bond motifs is 1. The van der Waals surface area contributed by atoms with Gasteiger partial charge in [-0.1, -0.05) is 11.8 Å². The van der Waals surface area contributed by atoms with Crippen molar-refractivity contribution in [1.82, 2.24) is 14.9 Å². The number of carbonyl (C=O) groups excluding carboxylic acids is 1. The third-order valence-electron chi connectivity index (χ3n) is 3.37. The minimum absolute atomic E-state index is 0.0273. The van der Waals surface area contributed by atoms with E-state index < -0.39 is 21.8 Å². The first-order chi connectivity index (χ1) is 9.46. The highest BCUT2D eigenvalue weighted by Gasteiger charge is 2.30. The molecule has 2 aliphatic rings. The van der Waals surface area contributed by atoms with Crippen LogP contribution in [0, 0.1) is 0 Å². The lowest BCUT2D eigenvalue weighted by molar-refractivity contribution is 0.0938. The fraction of sp³-hybridized carbons (Fsp3) is 0.545. The van der Waals surface area contributed by atoms with E-state index in [1.807, 2.05) is 0 Å². The zero-order chi connectivity index (χ0) is 14.3. The summed E-state index contributed by atoms with van der Waals surface area (Å²) in [6.07, 6.45) is 1.66. The summed E-state index contributed by atoms with van der Waals surface area (Å²) < 4.78 is 24.2. The first-order valence-electron chi connectivity index (χ1n) is 6.20. The van der Waals surface area contributed by atoms with Crippen molar-refractivity contribution in [3.63, 3.8) is 0 Å². The highest BCUT2D eigenvalue weighted by molar-refractivity contribution is 7.99. The maximum Gasteiger partial charge on any atom is 0.267 e. The molecule has 0 bridgehead atoms. The molecule has 0 aliphatic carbocycles. The average molecular weight is 315 g/mol. The van der Waals surface area contributed by atoms with Crippen molar-refractivity contribution in [2.24, 2.45) is 0 Å². The van der Waals surface area contributed by atoms with Gasteiger partial charge >= 0.3 is 0 Å². The van der Waals surface area contributed by atoms with Crippen molar-refractivity contribution in [1.29, 1.82) is 0 Å². The Balaban J connectivity index is 1.80. The third kappa shape index (κ3) is 2.47. The Bertz CT molecular complexity index is 726. The van der Waals surface area contributed by atoms with Crippen LogP contribution in [0.25, 0.3) is 0 Å². The molecular weight excluding hydrogens is 302 g/mol. The summed E-state index contributed by atoms with van der Waals surface area (Å²) in [5.41, 5.74) is -0.390. The van der Waals surface area contributed by atoms with E-state index >= 15 is 0 Å². The van der Waals surface area contributed by atoms with Crippen LogP contribution in [0.15, 0.2) is 16.1 Å². The normalized spacial score (nSPS) is 23.5. The molecule has 3 heterocycles. The third-order valence-corrected chi connectivity index (χ3v) is 6.11. The van der Waals surface area contributed by atoms with Gasteiger partial charge in [-0.2, -0.15) is 0 Å². The maximum absolute atomic E-state index is 12.1. The van der Waals surface area contributed by atoms with Gasteiger partial charge in [-0.05, 0) is 6.42 Å². The van der Waals surface area contributed by atoms with Crippen LogP contribution >= 0.6 is 11.8 Å². The van der Waals surface area contributed by atoms with Crippen LogP contribution < -0.4 is 10.9 Å². The molecule has 20 heavy (non-hydrogen) atoms. The molecule has 0 aromatic carbocycles. The molecule has 0 radical (unpaired) electrons. The van der Waals surface area contributed by atoms with Gasteiger partial charge in [0.1, 0.15) is 5.56 Å². The molecule has 1 N–H and O–H groups in total. The second-order valence-electron chi connectivity index (χ2n) is 4.83. The molecule has 9 heteroatoms. The summed E-state index contributed by atoms with van der Waals surface area (Å²) in [4.78, 5) is 28.3. The van der Waals surface area contributed by atoms with Crippen molar-refractivity contribution in [3.05, 3.63) is 22.1 Å².